The lowest BCUT2D eigenvalue weighted by atomic mass is 10.2. The SMILES string of the molecule is O=P(O)(O)OCCNCC1CCCN1. The Morgan fingerprint density at radius 3 is 2.93 bits per heavy atom. The van der Waals surface area contributed by atoms with Gasteiger partial charge in [-0.25, -0.2) is 4.57 Å². The van der Waals surface area contributed by atoms with Crippen molar-refractivity contribution in [3.63, 3.8) is 0 Å². The molecule has 1 aliphatic rings. The van der Waals surface area contributed by atoms with Gasteiger partial charge >= 0.3 is 7.82 Å². The smallest absolute Gasteiger partial charge is 0.313 e. The molecule has 4 N–H and O–H groups in total. The van der Waals surface area contributed by atoms with Crippen molar-refractivity contribution >= 4 is 7.82 Å². The summed E-state index contributed by atoms with van der Waals surface area (Å²) >= 11 is 0. The van der Waals surface area contributed by atoms with Gasteiger partial charge in [-0.1, -0.05) is 0 Å². The van der Waals surface area contributed by atoms with Crippen LogP contribution in [-0.4, -0.2) is 42.1 Å². The molecule has 0 aromatic carbocycles. The van der Waals surface area contributed by atoms with Gasteiger partial charge in [0.15, 0.2) is 0 Å². The lowest BCUT2D eigenvalue weighted by molar-refractivity contribution is 0.197. The zero-order chi connectivity index (χ0) is 10.4. The van der Waals surface area contributed by atoms with Crippen LogP contribution in [-0.2, 0) is 9.09 Å². The second-order valence-corrected chi connectivity index (χ2v) is 4.56. The molecule has 1 saturated heterocycles. The third-order valence-electron chi connectivity index (χ3n) is 2.09. The minimum atomic E-state index is -4.29. The molecule has 1 aliphatic heterocycles. The second-order valence-electron chi connectivity index (χ2n) is 3.32. The van der Waals surface area contributed by atoms with E-state index in [0.29, 0.717) is 12.6 Å². The third-order valence-corrected chi connectivity index (χ3v) is 2.61. The summed E-state index contributed by atoms with van der Waals surface area (Å²) in [5.74, 6) is 0. The van der Waals surface area contributed by atoms with Crippen LogP contribution in [0.4, 0.5) is 0 Å². The summed E-state index contributed by atoms with van der Waals surface area (Å²) in [5, 5.41) is 6.38. The fraction of sp³-hybridized carbons (Fsp3) is 1.00. The van der Waals surface area contributed by atoms with Gasteiger partial charge in [-0.05, 0) is 19.4 Å². The van der Waals surface area contributed by atoms with E-state index in [1.54, 1.807) is 0 Å². The zero-order valence-electron chi connectivity index (χ0n) is 7.98. The standard InChI is InChI=1S/C7H17N2O4P/c10-14(11,12)13-5-4-8-6-7-2-1-3-9-7/h7-9H,1-6H2,(H2,10,11,12). The van der Waals surface area contributed by atoms with Crippen LogP contribution in [0.3, 0.4) is 0 Å². The molecule has 0 amide bonds. The maximum atomic E-state index is 10.3. The number of nitrogens with one attached hydrogen (secondary N) is 2. The van der Waals surface area contributed by atoms with Gasteiger partial charge in [0.25, 0.3) is 0 Å². The van der Waals surface area contributed by atoms with Crippen LogP contribution in [0.25, 0.3) is 0 Å². The van der Waals surface area contributed by atoms with E-state index in [-0.39, 0.29) is 6.61 Å². The fourth-order valence-corrected chi connectivity index (χ4v) is 1.77. The van der Waals surface area contributed by atoms with Crippen LogP contribution < -0.4 is 10.6 Å². The highest BCUT2D eigenvalue weighted by atomic mass is 31.2. The molecule has 0 spiro atoms. The predicted molar refractivity (Wildman–Crippen MR) is 51.9 cm³/mol. The predicted octanol–water partition coefficient (Wildman–Crippen LogP) is -0.563. The lowest BCUT2D eigenvalue weighted by Gasteiger charge is -2.11. The van der Waals surface area contributed by atoms with Gasteiger partial charge in [-0.3, -0.25) is 4.52 Å². The molecule has 7 heteroatoms. The average molecular weight is 224 g/mol. The van der Waals surface area contributed by atoms with E-state index in [1.165, 1.54) is 6.42 Å². The summed E-state index contributed by atoms with van der Waals surface area (Å²) in [6, 6.07) is 0.491. The van der Waals surface area contributed by atoms with Gasteiger partial charge in [-0.2, -0.15) is 0 Å². The van der Waals surface area contributed by atoms with Gasteiger partial charge in [0.2, 0.25) is 0 Å². The van der Waals surface area contributed by atoms with Crippen LogP contribution >= 0.6 is 7.82 Å². The molecule has 0 bridgehead atoms. The molecule has 0 aromatic rings. The van der Waals surface area contributed by atoms with Crippen molar-refractivity contribution in [1.29, 1.82) is 0 Å². The average Bonchev–Trinajstić information content (AvgIpc) is 2.54. The van der Waals surface area contributed by atoms with Gasteiger partial charge in [-0.15, -0.1) is 0 Å². The van der Waals surface area contributed by atoms with E-state index in [1.807, 2.05) is 0 Å². The fourth-order valence-electron chi connectivity index (χ4n) is 1.44. The number of phosphoric ester groups is 1. The van der Waals surface area contributed by atoms with Gasteiger partial charge in [0.05, 0.1) is 6.61 Å². The molecule has 0 saturated carbocycles. The van der Waals surface area contributed by atoms with Gasteiger partial charge in [0.1, 0.15) is 0 Å². The Morgan fingerprint density at radius 1 is 1.57 bits per heavy atom. The summed E-state index contributed by atoms with van der Waals surface area (Å²) in [4.78, 5) is 16.8. The van der Waals surface area contributed by atoms with Gasteiger partial charge < -0.3 is 20.4 Å². The van der Waals surface area contributed by atoms with Crippen LogP contribution in [0.2, 0.25) is 0 Å². The van der Waals surface area contributed by atoms with Crippen molar-refractivity contribution < 1.29 is 18.9 Å². The Balaban J connectivity index is 1.91. The molecule has 0 radical (unpaired) electrons. The van der Waals surface area contributed by atoms with Crippen molar-refractivity contribution in [2.24, 2.45) is 0 Å². The number of rotatable bonds is 6. The van der Waals surface area contributed by atoms with Crippen molar-refractivity contribution in [3.05, 3.63) is 0 Å². The first-order valence-electron chi connectivity index (χ1n) is 4.72. The second kappa shape index (κ2) is 5.80. The van der Waals surface area contributed by atoms with Gasteiger partial charge in [0, 0.05) is 19.1 Å². The molecule has 1 atom stereocenters. The molecular formula is C7H17N2O4P. The van der Waals surface area contributed by atoms with Crippen molar-refractivity contribution in [2.75, 3.05) is 26.2 Å². The van der Waals surface area contributed by atoms with Crippen molar-refractivity contribution in [2.45, 2.75) is 18.9 Å². The van der Waals surface area contributed by atoms with Crippen LogP contribution in [0.5, 0.6) is 0 Å². The summed E-state index contributed by atoms with van der Waals surface area (Å²) in [7, 11) is -4.29. The summed E-state index contributed by atoms with van der Waals surface area (Å²) in [6.45, 7) is 2.39. The summed E-state index contributed by atoms with van der Waals surface area (Å²) in [5.41, 5.74) is 0. The minimum absolute atomic E-state index is 0.0387. The highest BCUT2D eigenvalue weighted by Gasteiger charge is 2.14. The van der Waals surface area contributed by atoms with E-state index in [9.17, 15) is 4.57 Å². The van der Waals surface area contributed by atoms with E-state index < -0.39 is 7.82 Å². The highest BCUT2D eigenvalue weighted by molar-refractivity contribution is 7.46. The Hall–Kier alpha value is 0.0300. The molecule has 6 nitrogen and oxygen atoms in total. The molecular weight excluding hydrogens is 207 g/mol. The maximum absolute atomic E-state index is 10.3. The maximum Gasteiger partial charge on any atom is 0.469 e. The number of hydrogen-bond donors (Lipinski definition) is 4. The molecule has 1 unspecified atom stereocenters. The summed E-state index contributed by atoms with van der Waals surface area (Å²) in [6.07, 6.45) is 2.36. The number of hydrogen-bond acceptors (Lipinski definition) is 4. The largest absolute Gasteiger partial charge is 0.469 e. The Kier molecular flexibility index (Phi) is 5.01. The van der Waals surface area contributed by atoms with E-state index in [0.717, 1.165) is 19.5 Å². The number of phosphoric acid groups is 1. The first-order chi connectivity index (χ1) is 6.58. The zero-order valence-corrected chi connectivity index (χ0v) is 8.87. The summed E-state index contributed by atoms with van der Waals surface area (Å²) < 4.78 is 14.6. The molecule has 1 rings (SSSR count). The quantitative estimate of drug-likeness (QED) is 0.357. The molecule has 0 aliphatic carbocycles. The molecule has 1 heterocycles. The molecule has 1 fully saturated rings. The van der Waals surface area contributed by atoms with E-state index >= 15 is 0 Å². The third kappa shape index (κ3) is 5.70. The van der Waals surface area contributed by atoms with Crippen LogP contribution in [0, 0.1) is 0 Å². The normalized spacial score (nSPS) is 22.9. The first kappa shape index (κ1) is 12.1. The Morgan fingerprint density at radius 2 is 2.36 bits per heavy atom. The lowest BCUT2D eigenvalue weighted by Crippen LogP contribution is -2.35. The van der Waals surface area contributed by atoms with Crippen molar-refractivity contribution in [1.82, 2.24) is 10.6 Å². The topological polar surface area (TPSA) is 90.8 Å². The highest BCUT2D eigenvalue weighted by Crippen LogP contribution is 2.34. The van der Waals surface area contributed by atoms with E-state index in [2.05, 4.69) is 15.2 Å². The minimum Gasteiger partial charge on any atom is -0.313 e. The molecule has 84 valence electrons. The van der Waals surface area contributed by atoms with Crippen LogP contribution in [0.15, 0.2) is 0 Å². The van der Waals surface area contributed by atoms with E-state index in [4.69, 9.17) is 9.79 Å². The first-order valence-corrected chi connectivity index (χ1v) is 6.25. The Bertz CT molecular complexity index is 202. The molecule has 0 aromatic heterocycles. The Labute approximate surface area is 83.3 Å². The monoisotopic (exact) mass is 224 g/mol. The van der Waals surface area contributed by atoms with Crippen LogP contribution in [0.1, 0.15) is 12.8 Å². The molecule has 14 heavy (non-hydrogen) atoms. The van der Waals surface area contributed by atoms with Crippen molar-refractivity contribution in [3.8, 4) is 0 Å².